The Bertz CT molecular complexity index is 753. The Labute approximate surface area is 173 Å². The average Bonchev–Trinajstić information content (AvgIpc) is 2.73. The van der Waals surface area contributed by atoms with E-state index in [0.717, 1.165) is 36.8 Å². The maximum atomic E-state index is 11.3. The molecule has 1 unspecified atom stereocenters. The zero-order valence-electron chi connectivity index (χ0n) is 17.1. The lowest BCUT2D eigenvalue weighted by Crippen LogP contribution is -2.09. The number of unbranched alkanes of at least 4 members (excludes halogenated alkanes) is 3. The molecule has 0 bridgehead atoms. The fourth-order valence-electron chi connectivity index (χ4n) is 2.88. The summed E-state index contributed by atoms with van der Waals surface area (Å²) in [6.45, 7) is 2.43. The molecule has 2 aromatic rings. The lowest BCUT2D eigenvalue weighted by molar-refractivity contribution is -0.145. The molecule has 29 heavy (non-hydrogen) atoms. The van der Waals surface area contributed by atoms with E-state index in [4.69, 9.17) is 9.47 Å². The quantitative estimate of drug-likeness (QED) is 0.254. The molecule has 0 fully saturated rings. The van der Waals surface area contributed by atoms with Crippen LogP contribution in [0, 0.1) is 0 Å². The summed E-state index contributed by atoms with van der Waals surface area (Å²) in [6, 6.07) is 20.4. The summed E-state index contributed by atoms with van der Waals surface area (Å²) in [7, 11) is 0. The predicted octanol–water partition coefficient (Wildman–Crippen LogP) is 5.54. The van der Waals surface area contributed by atoms with E-state index in [9.17, 15) is 9.59 Å². The molecule has 0 heterocycles. The number of rotatable bonds is 13. The average molecular weight is 395 g/mol. The molecule has 0 aliphatic carbocycles. The molecule has 0 radical (unpaired) electrons. The molecule has 2 rings (SSSR count). The van der Waals surface area contributed by atoms with Crippen LogP contribution in [0.2, 0.25) is 0 Å². The van der Waals surface area contributed by atoms with Crippen LogP contribution in [0.3, 0.4) is 0 Å². The van der Waals surface area contributed by atoms with Crippen molar-refractivity contribution >= 4 is 17.8 Å². The number of carbonyl (C=O) groups excluding carboxylic acids is 2. The zero-order chi connectivity index (χ0) is 20.7. The van der Waals surface area contributed by atoms with E-state index in [0.29, 0.717) is 13.2 Å². The van der Waals surface area contributed by atoms with Gasteiger partial charge < -0.3 is 9.47 Å². The fourth-order valence-corrected chi connectivity index (χ4v) is 2.88. The highest BCUT2D eigenvalue weighted by Gasteiger charge is 2.08. The van der Waals surface area contributed by atoms with Gasteiger partial charge in [0.2, 0.25) is 0 Å². The third-order valence-electron chi connectivity index (χ3n) is 4.38. The van der Waals surface area contributed by atoms with E-state index in [1.165, 1.54) is 6.92 Å². The third kappa shape index (κ3) is 9.86. The van der Waals surface area contributed by atoms with Gasteiger partial charge in [-0.2, -0.15) is 0 Å². The highest BCUT2D eigenvalue weighted by atomic mass is 16.5. The highest BCUT2D eigenvalue weighted by molar-refractivity contribution is 5.94. The Balaban J connectivity index is 1.70. The van der Waals surface area contributed by atoms with Gasteiger partial charge in [0.25, 0.3) is 0 Å². The minimum absolute atomic E-state index is 0.0797. The van der Waals surface area contributed by atoms with Gasteiger partial charge in [-0.3, -0.25) is 9.59 Å². The topological polar surface area (TPSA) is 52.6 Å². The van der Waals surface area contributed by atoms with Crippen molar-refractivity contribution in [3.63, 3.8) is 0 Å². The summed E-state index contributed by atoms with van der Waals surface area (Å²) >= 11 is 0. The van der Waals surface area contributed by atoms with Crippen molar-refractivity contribution in [2.75, 3.05) is 13.2 Å². The smallest absolute Gasteiger partial charge is 0.313 e. The molecule has 0 aliphatic heterocycles. The van der Waals surface area contributed by atoms with Crippen LogP contribution < -0.4 is 0 Å². The molecule has 154 valence electrons. The third-order valence-corrected chi connectivity index (χ3v) is 4.38. The SMILES string of the molecule is CC(=O)CC(=O)OCCCCCCOC(/C=C/c1ccccc1)c1ccccc1. The Kier molecular flexibility index (Phi) is 10.5. The zero-order valence-corrected chi connectivity index (χ0v) is 17.1. The number of Topliss-reactive ketones (excluding diaryl/α,β-unsaturated/α-hetero) is 1. The van der Waals surface area contributed by atoms with Crippen molar-refractivity contribution in [1.29, 1.82) is 0 Å². The van der Waals surface area contributed by atoms with E-state index >= 15 is 0 Å². The van der Waals surface area contributed by atoms with Gasteiger partial charge in [-0.25, -0.2) is 0 Å². The predicted molar refractivity (Wildman–Crippen MR) is 115 cm³/mol. The van der Waals surface area contributed by atoms with Gasteiger partial charge in [-0.1, -0.05) is 79.2 Å². The molecule has 0 aliphatic rings. The minimum Gasteiger partial charge on any atom is -0.465 e. The summed E-state index contributed by atoms with van der Waals surface area (Å²) in [4.78, 5) is 22.1. The summed E-state index contributed by atoms with van der Waals surface area (Å²) < 4.78 is 11.2. The van der Waals surface area contributed by atoms with Crippen LogP contribution in [-0.2, 0) is 19.1 Å². The monoisotopic (exact) mass is 394 g/mol. The molecule has 2 aromatic carbocycles. The summed E-state index contributed by atoms with van der Waals surface area (Å²) in [5.74, 6) is -0.599. The number of hydrogen-bond acceptors (Lipinski definition) is 4. The molecule has 0 aromatic heterocycles. The number of benzene rings is 2. The second-order valence-corrected chi connectivity index (χ2v) is 6.99. The molecule has 0 spiro atoms. The van der Waals surface area contributed by atoms with Crippen molar-refractivity contribution in [3.05, 3.63) is 77.9 Å². The Morgan fingerprint density at radius 3 is 2.14 bits per heavy atom. The number of hydrogen-bond donors (Lipinski definition) is 0. The van der Waals surface area contributed by atoms with E-state index < -0.39 is 5.97 Å². The first-order chi connectivity index (χ1) is 14.1. The van der Waals surface area contributed by atoms with Crippen LogP contribution in [-0.4, -0.2) is 25.0 Å². The van der Waals surface area contributed by atoms with Crippen LogP contribution in [0.25, 0.3) is 6.08 Å². The molecule has 0 saturated heterocycles. The lowest BCUT2D eigenvalue weighted by Gasteiger charge is -2.15. The molecule has 4 nitrogen and oxygen atoms in total. The van der Waals surface area contributed by atoms with Crippen molar-refractivity contribution in [2.45, 2.75) is 45.1 Å². The summed E-state index contributed by atoms with van der Waals surface area (Å²) in [6.07, 6.45) is 7.70. The van der Waals surface area contributed by atoms with Gasteiger partial charge in [0.15, 0.2) is 0 Å². The summed E-state index contributed by atoms with van der Waals surface area (Å²) in [5.41, 5.74) is 2.29. The van der Waals surface area contributed by atoms with Gasteiger partial charge in [0, 0.05) is 6.61 Å². The lowest BCUT2D eigenvalue weighted by atomic mass is 10.1. The number of esters is 1. The van der Waals surface area contributed by atoms with Gasteiger partial charge >= 0.3 is 5.97 Å². The molecular formula is C25H30O4. The van der Waals surface area contributed by atoms with Crippen molar-refractivity contribution in [3.8, 4) is 0 Å². The number of ketones is 1. The van der Waals surface area contributed by atoms with Crippen LogP contribution in [0.4, 0.5) is 0 Å². The Morgan fingerprint density at radius 2 is 1.48 bits per heavy atom. The Morgan fingerprint density at radius 1 is 0.862 bits per heavy atom. The van der Waals surface area contributed by atoms with Crippen LogP contribution in [0.15, 0.2) is 66.7 Å². The van der Waals surface area contributed by atoms with E-state index in [2.05, 4.69) is 36.4 Å². The van der Waals surface area contributed by atoms with Crippen LogP contribution in [0.1, 0.15) is 56.3 Å². The molecule has 4 heteroatoms. The van der Waals surface area contributed by atoms with Gasteiger partial charge in [0.05, 0.1) is 6.61 Å². The maximum Gasteiger partial charge on any atom is 0.313 e. The first-order valence-electron chi connectivity index (χ1n) is 10.2. The van der Waals surface area contributed by atoms with Gasteiger partial charge in [-0.05, 0) is 37.3 Å². The van der Waals surface area contributed by atoms with Crippen LogP contribution >= 0.6 is 0 Å². The molecule has 0 N–H and O–H groups in total. The molecular weight excluding hydrogens is 364 g/mol. The second-order valence-electron chi connectivity index (χ2n) is 6.99. The van der Waals surface area contributed by atoms with Crippen molar-refractivity contribution in [1.82, 2.24) is 0 Å². The minimum atomic E-state index is -0.434. The first kappa shape index (κ1) is 22.6. The van der Waals surface area contributed by atoms with Crippen LogP contribution in [0.5, 0.6) is 0 Å². The molecule has 0 saturated carbocycles. The maximum absolute atomic E-state index is 11.3. The standard InChI is InChI=1S/C25H30O4/c1-21(26)20-25(27)29-19-11-3-2-10-18-28-24(23-14-8-5-9-15-23)17-16-22-12-6-4-7-13-22/h4-9,12-17,24H,2-3,10-11,18-20H2,1H3/b17-16+. The Hall–Kier alpha value is -2.72. The summed E-state index contributed by atoms with van der Waals surface area (Å²) in [5, 5.41) is 0. The first-order valence-corrected chi connectivity index (χ1v) is 10.2. The van der Waals surface area contributed by atoms with Gasteiger partial charge in [-0.15, -0.1) is 0 Å². The van der Waals surface area contributed by atoms with Crippen molar-refractivity contribution < 1.29 is 19.1 Å². The van der Waals surface area contributed by atoms with E-state index in [1.807, 2.05) is 36.4 Å². The van der Waals surface area contributed by atoms with Gasteiger partial charge in [0.1, 0.15) is 18.3 Å². The largest absolute Gasteiger partial charge is 0.465 e. The normalized spacial score (nSPS) is 12.0. The van der Waals surface area contributed by atoms with E-state index in [1.54, 1.807) is 0 Å². The molecule has 1 atom stereocenters. The van der Waals surface area contributed by atoms with Crippen molar-refractivity contribution in [2.24, 2.45) is 0 Å². The second kappa shape index (κ2) is 13.5. The molecule has 0 amide bonds. The van der Waals surface area contributed by atoms with E-state index in [-0.39, 0.29) is 18.3 Å². The number of ether oxygens (including phenoxy) is 2. The fraction of sp³-hybridized carbons (Fsp3) is 0.360. The highest BCUT2D eigenvalue weighted by Crippen LogP contribution is 2.21. The number of carbonyl (C=O) groups is 2.